The number of anilines is 1. The van der Waals surface area contributed by atoms with Crippen LogP contribution in [0, 0.1) is 24.0 Å². The third-order valence-electron chi connectivity index (χ3n) is 3.93. The van der Waals surface area contributed by atoms with Gasteiger partial charge in [0.25, 0.3) is 5.91 Å². The highest BCUT2D eigenvalue weighted by molar-refractivity contribution is 6.04. The van der Waals surface area contributed by atoms with E-state index in [1.54, 1.807) is 19.9 Å². The second-order valence-corrected chi connectivity index (χ2v) is 6.03. The van der Waals surface area contributed by atoms with Crippen molar-refractivity contribution in [2.75, 3.05) is 5.32 Å². The summed E-state index contributed by atoms with van der Waals surface area (Å²) in [5.74, 6) is -0.966. The Hall–Kier alpha value is -3.83. The lowest BCUT2D eigenvalue weighted by Gasteiger charge is -2.12. The third-order valence-corrected chi connectivity index (χ3v) is 3.93. The summed E-state index contributed by atoms with van der Waals surface area (Å²) in [7, 11) is 0. The number of nitro groups is 1. The van der Waals surface area contributed by atoms with Gasteiger partial charge in [-0.05, 0) is 36.5 Å². The van der Waals surface area contributed by atoms with E-state index in [0.29, 0.717) is 16.9 Å². The molecule has 0 aliphatic heterocycles. The van der Waals surface area contributed by atoms with E-state index in [9.17, 15) is 23.7 Å². The Morgan fingerprint density at radius 2 is 2.14 bits per heavy atom. The Kier molecular flexibility index (Phi) is 5.52. The summed E-state index contributed by atoms with van der Waals surface area (Å²) >= 11 is 0. The average molecular weight is 407 g/mol. The molecule has 1 amide bonds. The van der Waals surface area contributed by atoms with Crippen LogP contribution in [0.1, 0.15) is 27.4 Å². The summed E-state index contributed by atoms with van der Waals surface area (Å²) in [4.78, 5) is 22.8. The first kappa shape index (κ1) is 19.9. The molecular formula is C17H15F2N5O5. The maximum Gasteiger partial charge on any atom is 0.389 e. The molecule has 3 aromatic rings. The molecule has 0 fully saturated rings. The molecule has 0 saturated carbocycles. The highest BCUT2D eigenvalue weighted by Crippen LogP contribution is 2.28. The molecule has 12 heteroatoms. The van der Waals surface area contributed by atoms with Crippen molar-refractivity contribution in [3.8, 4) is 5.75 Å². The van der Waals surface area contributed by atoms with Crippen molar-refractivity contribution in [3.63, 3.8) is 0 Å². The van der Waals surface area contributed by atoms with E-state index < -0.39 is 17.4 Å². The fourth-order valence-electron chi connectivity index (χ4n) is 2.58. The number of hydrogen-bond donors (Lipinski definition) is 1. The summed E-state index contributed by atoms with van der Waals surface area (Å²) in [5, 5.41) is 20.7. The molecule has 10 nitrogen and oxygen atoms in total. The smallest absolute Gasteiger partial charge is 0.389 e. The fraction of sp³-hybridized carbons (Fsp3) is 0.235. The van der Waals surface area contributed by atoms with Gasteiger partial charge in [0.05, 0.1) is 35.2 Å². The molecule has 2 heterocycles. The van der Waals surface area contributed by atoms with Crippen molar-refractivity contribution in [1.29, 1.82) is 0 Å². The SMILES string of the molecule is Cc1ccc(OC(F)F)c(NC(=O)c2noc(C)c2Cn2ccc([N+](=O)[O-])n2)c1. The van der Waals surface area contributed by atoms with Gasteiger partial charge in [-0.2, -0.15) is 13.5 Å². The van der Waals surface area contributed by atoms with E-state index in [0.717, 1.165) is 0 Å². The molecule has 0 bridgehead atoms. The molecule has 3 rings (SSSR count). The van der Waals surface area contributed by atoms with Crippen molar-refractivity contribution in [2.45, 2.75) is 27.0 Å². The second kappa shape index (κ2) is 8.04. The molecule has 0 unspecified atom stereocenters. The Bertz CT molecular complexity index is 1060. The molecule has 0 saturated heterocycles. The highest BCUT2D eigenvalue weighted by atomic mass is 19.3. The average Bonchev–Trinajstić information content (AvgIpc) is 3.25. The van der Waals surface area contributed by atoms with E-state index in [4.69, 9.17) is 4.52 Å². The summed E-state index contributed by atoms with van der Waals surface area (Å²) in [6.07, 6.45) is 1.38. The van der Waals surface area contributed by atoms with Gasteiger partial charge < -0.3 is 24.7 Å². The topological polar surface area (TPSA) is 125 Å². The Morgan fingerprint density at radius 3 is 2.79 bits per heavy atom. The van der Waals surface area contributed by atoms with Crippen LogP contribution in [0.25, 0.3) is 0 Å². The molecule has 2 aromatic heterocycles. The number of carbonyl (C=O) groups excluding carboxylic acids is 1. The standard InChI is InChI=1S/C17H15F2N5O5/c1-9-3-4-13(28-17(18)19)12(7-9)20-16(25)15-11(10(2)29-22-15)8-23-6-5-14(21-23)24(26)27/h3-7,17H,8H2,1-2H3,(H,20,25). The van der Waals surface area contributed by atoms with Crippen molar-refractivity contribution in [1.82, 2.24) is 14.9 Å². The molecule has 1 N–H and O–H groups in total. The van der Waals surface area contributed by atoms with Crippen LogP contribution in [0.3, 0.4) is 0 Å². The summed E-state index contributed by atoms with van der Waals surface area (Å²) in [5.41, 5.74) is 0.980. The quantitative estimate of drug-likeness (QED) is 0.470. The van der Waals surface area contributed by atoms with Crippen LogP contribution in [-0.2, 0) is 6.54 Å². The first-order valence-electron chi connectivity index (χ1n) is 8.24. The minimum Gasteiger partial charge on any atom is -0.433 e. The molecule has 0 aliphatic rings. The number of alkyl halides is 2. The van der Waals surface area contributed by atoms with Crippen molar-refractivity contribution in [3.05, 3.63) is 63.2 Å². The van der Waals surface area contributed by atoms with Crippen LogP contribution in [0.2, 0.25) is 0 Å². The zero-order valence-electron chi connectivity index (χ0n) is 15.3. The molecule has 152 valence electrons. The fourth-order valence-corrected chi connectivity index (χ4v) is 2.58. The maximum atomic E-state index is 12.7. The van der Waals surface area contributed by atoms with Gasteiger partial charge in [-0.25, -0.2) is 0 Å². The van der Waals surface area contributed by atoms with E-state index >= 15 is 0 Å². The number of nitrogens with zero attached hydrogens (tertiary/aromatic N) is 4. The van der Waals surface area contributed by atoms with Gasteiger partial charge in [0.1, 0.15) is 11.5 Å². The summed E-state index contributed by atoms with van der Waals surface area (Å²) < 4.78 is 36.0. The van der Waals surface area contributed by atoms with Crippen molar-refractivity contribution < 1.29 is 27.8 Å². The first-order chi connectivity index (χ1) is 13.7. The lowest BCUT2D eigenvalue weighted by Crippen LogP contribution is -2.17. The lowest BCUT2D eigenvalue weighted by molar-refractivity contribution is -0.389. The van der Waals surface area contributed by atoms with E-state index in [1.165, 1.54) is 29.1 Å². The largest absolute Gasteiger partial charge is 0.433 e. The number of aryl methyl sites for hydroxylation is 2. The number of ether oxygens (including phenoxy) is 1. The van der Waals surface area contributed by atoms with Gasteiger partial charge in [-0.15, -0.1) is 0 Å². The minimum atomic E-state index is -3.06. The third kappa shape index (κ3) is 4.54. The van der Waals surface area contributed by atoms with Gasteiger partial charge in [0.15, 0.2) is 5.69 Å². The number of hydrogen-bond acceptors (Lipinski definition) is 7. The van der Waals surface area contributed by atoms with Crippen LogP contribution in [0.5, 0.6) is 5.75 Å². The van der Waals surface area contributed by atoms with Crippen LogP contribution in [-0.4, -0.2) is 32.4 Å². The first-order valence-corrected chi connectivity index (χ1v) is 8.24. The Balaban J connectivity index is 1.86. The monoisotopic (exact) mass is 407 g/mol. The number of halogens is 2. The number of rotatable bonds is 7. The Labute approximate surface area is 162 Å². The lowest BCUT2D eigenvalue weighted by atomic mass is 10.1. The zero-order valence-corrected chi connectivity index (χ0v) is 15.3. The van der Waals surface area contributed by atoms with E-state index in [2.05, 4.69) is 20.3 Å². The predicted molar refractivity (Wildman–Crippen MR) is 95.0 cm³/mol. The van der Waals surface area contributed by atoms with Gasteiger partial charge >= 0.3 is 12.4 Å². The highest BCUT2D eigenvalue weighted by Gasteiger charge is 2.23. The minimum absolute atomic E-state index is 0.0138. The molecule has 0 spiro atoms. The van der Waals surface area contributed by atoms with Crippen molar-refractivity contribution in [2.24, 2.45) is 0 Å². The van der Waals surface area contributed by atoms with Crippen LogP contribution in [0.4, 0.5) is 20.3 Å². The molecule has 0 radical (unpaired) electrons. The molecule has 0 atom stereocenters. The number of aromatic nitrogens is 3. The normalized spacial score (nSPS) is 10.9. The van der Waals surface area contributed by atoms with Gasteiger partial charge in [-0.1, -0.05) is 11.2 Å². The number of nitrogens with one attached hydrogen (secondary N) is 1. The maximum absolute atomic E-state index is 12.7. The molecule has 1 aromatic carbocycles. The molecule has 29 heavy (non-hydrogen) atoms. The molecular weight excluding hydrogens is 392 g/mol. The number of carbonyl (C=O) groups is 1. The number of benzene rings is 1. The number of amides is 1. The van der Waals surface area contributed by atoms with Gasteiger partial charge in [0, 0.05) is 0 Å². The summed E-state index contributed by atoms with van der Waals surface area (Å²) in [6, 6.07) is 5.56. The Morgan fingerprint density at radius 1 is 1.38 bits per heavy atom. The predicted octanol–water partition coefficient (Wildman–Crippen LogP) is 3.30. The summed E-state index contributed by atoms with van der Waals surface area (Å²) in [6.45, 7) is 0.210. The van der Waals surface area contributed by atoms with Crippen molar-refractivity contribution >= 4 is 17.4 Å². The zero-order chi connectivity index (χ0) is 21.1. The van der Waals surface area contributed by atoms with Gasteiger partial charge in [-0.3, -0.25) is 4.79 Å². The van der Waals surface area contributed by atoms with Crippen LogP contribution >= 0.6 is 0 Å². The van der Waals surface area contributed by atoms with Gasteiger partial charge in [0.2, 0.25) is 0 Å². The van der Waals surface area contributed by atoms with E-state index in [-0.39, 0.29) is 29.5 Å². The second-order valence-electron chi connectivity index (χ2n) is 6.03. The van der Waals surface area contributed by atoms with Crippen LogP contribution < -0.4 is 10.1 Å². The molecule has 0 aliphatic carbocycles. The van der Waals surface area contributed by atoms with E-state index in [1.807, 2.05) is 0 Å². The van der Waals surface area contributed by atoms with Crippen LogP contribution in [0.15, 0.2) is 35.0 Å².